The zero-order chi connectivity index (χ0) is 18.9. The predicted octanol–water partition coefficient (Wildman–Crippen LogP) is 5.78. The number of aliphatic imine (C=N–C) groups is 1. The molecule has 0 unspecified atom stereocenters. The fraction of sp³-hybridized carbons (Fsp3) is 0.348. The van der Waals surface area contributed by atoms with E-state index in [2.05, 4.69) is 74.9 Å². The van der Waals surface area contributed by atoms with Crippen LogP contribution in [0.3, 0.4) is 0 Å². The topological polar surface area (TPSA) is 24.8 Å². The highest BCUT2D eigenvalue weighted by Crippen LogP contribution is 2.41. The molecule has 1 aliphatic heterocycles. The summed E-state index contributed by atoms with van der Waals surface area (Å²) in [5.41, 5.74) is 6.91. The van der Waals surface area contributed by atoms with Crippen molar-refractivity contribution in [1.82, 2.24) is 0 Å². The molecule has 3 heteroatoms. The van der Waals surface area contributed by atoms with Gasteiger partial charge in [0.15, 0.2) is 0 Å². The maximum atomic E-state index is 5.68. The summed E-state index contributed by atoms with van der Waals surface area (Å²) in [6, 6.07) is 12.5. The molecule has 1 aliphatic rings. The van der Waals surface area contributed by atoms with E-state index in [0.717, 1.165) is 23.5 Å². The summed E-state index contributed by atoms with van der Waals surface area (Å²) < 4.78 is 5.68. The van der Waals surface area contributed by atoms with Gasteiger partial charge in [-0.2, -0.15) is 0 Å². The van der Waals surface area contributed by atoms with Crippen LogP contribution in [0.5, 0.6) is 5.75 Å². The number of aryl methyl sites for hydroxylation is 1. The normalized spacial score (nSPS) is 15.8. The van der Waals surface area contributed by atoms with E-state index < -0.39 is 0 Å². The minimum Gasteiger partial charge on any atom is -0.496 e. The lowest BCUT2D eigenvalue weighted by Crippen LogP contribution is -2.44. The molecule has 0 saturated heterocycles. The Morgan fingerprint density at radius 1 is 1.15 bits per heavy atom. The highest BCUT2D eigenvalue weighted by Gasteiger charge is 2.31. The SMILES string of the molecule is CCN1c2cc(OC)c(C=Nc3cccc(C)c3)cc2C(C)=CC1(C)C. The smallest absolute Gasteiger partial charge is 0.129 e. The first kappa shape index (κ1) is 18.2. The zero-order valence-corrected chi connectivity index (χ0v) is 16.6. The van der Waals surface area contributed by atoms with Crippen molar-refractivity contribution in [3.8, 4) is 5.75 Å². The summed E-state index contributed by atoms with van der Waals surface area (Å²) in [6.07, 6.45) is 4.24. The van der Waals surface area contributed by atoms with Crippen molar-refractivity contribution >= 4 is 23.2 Å². The Morgan fingerprint density at radius 2 is 1.92 bits per heavy atom. The zero-order valence-electron chi connectivity index (χ0n) is 16.6. The first-order valence-corrected chi connectivity index (χ1v) is 9.16. The van der Waals surface area contributed by atoms with Crippen molar-refractivity contribution in [2.45, 2.75) is 40.2 Å². The quantitative estimate of drug-likeness (QED) is 0.655. The Morgan fingerprint density at radius 3 is 2.58 bits per heavy atom. The summed E-state index contributed by atoms with van der Waals surface area (Å²) in [6.45, 7) is 11.9. The minimum absolute atomic E-state index is 0.00594. The molecule has 0 amide bonds. The molecule has 26 heavy (non-hydrogen) atoms. The summed E-state index contributed by atoms with van der Waals surface area (Å²) in [4.78, 5) is 7.07. The van der Waals surface area contributed by atoms with E-state index in [0.29, 0.717) is 0 Å². The van der Waals surface area contributed by atoms with Crippen LogP contribution in [0.15, 0.2) is 47.5 Å². The van der Waals surface area contributed by atoms with Gasteiger partial charge < -0.3 is 9.64 Å². The molecule has 0 bridgehead atoms. The van der Waals surface area contributed by atoms with Gasteiger partial charge in [-0.1, -0.05) is 18.2 Å². The maximum absolute atomic E-state index is 5.68. The second kappa shape index (κ2) is 6.99. The molecule has 0 saturated carbocycles. The van der Waals surface area contributed by atoms with E-state index in [1.165, 1.54) is 22.4 Å². The van der Waals surface area contributed by atoms with Crippen molar-refractivity contribution in [1.29, 1.82) is 0 Å². The number of allylic oxidation sites excluding steroid dienone is 1. The van der Waals surface area contributed by atoms with Gasteiger partial charge in [-0.3, -0.25) is 4.99 Å². The highest BCUT2D eigenvalue weighted by molar-refractivity contribution is 5.92. The van der Waals surface area contributed by atoms with Gasteiger partial charge in [0, 0.05) is 35.6 Å². The molecule has 0 N–H and O–H groups in total. The summed E-state index contributed by atoms with van der Waals surface area (Å²) in [5.74, 6) is 0.851. The Hall–Kier alpha value is -2.55. The van der Waals surface area contributed by atoms with Crippen LogP contribution in [0.4, 0.5) is 11.4 Å². The molecule has 0 aliphatic carbocycles. The molecule has 0 radical (unpaired) electrons. The first-order valence-electron chi connectivity index (χ1n) is 9.16. The number of fused-ring (bicyclic) bond motifs is 1. The lowest BCUT2D eigenvalue weighted by molar-refractivity contribution is 0.413. The van der Waals surface area contributed by atoms with Crippen molar-refractivity contribution in [3.05, 3.63) is 59.2 Å². The van der Waals surface area contributed by atoms with E-state index in [4.69, 9.17) is 4.74 Å². The Balaban J connectivity index is 2.08. The lowest BCUT2D eigenvalue weighted by atomic mass is 9.88. The molecule has 0 fully saturated rings. The van der Waals surface area contributed by atoms with Crippen LogP contribution >= 0.6 is 0 Å². The Bertz CT molecular complexity index is 878. The van der Waals surface area contributed by atoms with E-state index in [1.807, 2.05) is 18.3 Å². The summed E-state index contributed by atoms with van der Waals surface area (Å²) in [7, 11) is 1.72. The number of hydrogen-bond acceptors (Lipinski definition) is 3. The van der Waals surface area contributed by atoms with Gasteiger partial charge in [-0.05, 0) is 64.0 Å². The average Bonchev–Trinajstić information content (AvgIpc) is 2.59. The number of nitrogens with zero attached hydrogens (tertiary/aromatic N) is 2. The number of likely N-dealkylation sites (N-methyl/N-ethyl adjacent to an activating group) is 1. The standard InChI is InChI=1S/C23H28N2O/c1-7-25-21-13-22(26-6)18(12-20(21)17(3)14-23(25,4)5)15-24-19-10-8-9-16(2)11-19/h8-15H,7H2,1-6H3. The maximum Gasteiger partial charge on any atom is 0.129 e. The number of anilines is 1. The molecule has 0 atom stereocenters. The third kappa shape index (κ3) is 3.39. The van der Waals surface area contributed by atoms with Crippen LogP contribution in [-0.2, 0) is 0 Å². The van der Waals surface area contributed by atoms with Crippen LogP contribution in [0.1, 0.15) is 44.4 Å². The first-order chi connectivity index (χ1) is 12.4. The van der Waals surface area contributed by atoms with Gasteiger partial charge in [0.1, 0.15) is 5.75 Å². The summed E-state index contributed by atoms with van der Waals surface area (Å²) in [5, 5.41) is 0. The second-order valence-corrected chi connectivity index (χ2v) is 7.43. The number of methoxy groups -OCH3 is 1. The highest BCUT2D eigenvalue weighted by atomic mass is 16.5. The molecule has 0 aromatic heterocycles. The molecule has 2 aromatic carbocycles. The molecular formula is C23H28N2O. The van der Waals surface area contributed by atoms with Crippen molar-refractivity contribution in [2.75, 3.05) is 18.6 Å². The number of ether oxygens (including phenoxy) is 1. The Kier molecular flexibility index (Phi) is 4.90. The fourth-order valence-electron chi connectivity index (χ4n) is 3.83. The van der Waals surface area contributed by atoms with Gasteiger partial charge in [0.25, 0.3) is 0 Å². The molecule has 2 aromatic rings. The summed E-state index contributed by atoms with van der Waals surface area (Å²) >= 11 is 0. The predicted molar refractivity (Wildman–Crippen MR) is 112 cm³/mol. The number of rotatable bonds is 4. The van der Waals surface area contributed by atoms with Gasteiger partial charge in [0.05, 0.1) is 18.3 Å². The van der Waals surface area contributed by atoms with Gasteiger partial charge in [-0.25, -0.2) is 0 Å². The van der Waals surface area contributed by atoms with Gasteiger partial charge in [-0.15, -0.1) is 0 Å². The van der Waals surface area contributed by atoms with E-state index in [1.54, 1.807) is 7.11 Å². The van der Waals surface area contributed by atoms with Crippen LogP contribution in [0.2, 0.25) is 0 Å². The second-order valence-electron chi connectivity index (χ2n) is 7.43. The van der Waals surface area contributed by atoms with Crippen molar-refractivity contribution < 1.29 is 4.74 Å². The largest absolute Gasteiger partial charge is 0.496 e. The average molecular weight is 348 g/mol. The molecular weight excluding hydrogens is 320 g/mol. The van der Waals surface area contributed by atoms with Gasteiger partial charge >= 0.3 is 0 Å². The monoisotopic (exact) mass is 348 g/mol. The molecule has 0 spiro atoms. The fourth-order valence-corrected chi connectivity index (χ4v) is 3.83. The van der Waals surface area contributed by atoms with Crippen LogP contribution in [0, 0.1) is 6.92 Å². The minimum atomic E-state index is -0.00594. The third-order valence-corrected chi connectivity index (χ3v) is 5.00. The number of hydrogen-bond donors (Lipinski definition) is 0. The van der Waals surface area contributed by atoms with Gasteiger partial charge in [0.2, 0.25) is 0 Å². The molecule has 3 nitrogen and oxygen atoms in total. The third-order valence-electron chi connectivity index (χ3n) is 5.00. The van der Waals surface area contributed by atoms with E-state index >= 15 is 0 Å². The van der Waals surface area contributed by atoms with Crippen LogP contribution in [0.25, 0.3) is 5.57 Å². The van der Waals surface area contributed by atoms with Crippen LogP contribution in [-0.4, -0.2) is 25.4 Å². The number of benzene rings is 2. The van der Waals surface area contributed by atoms with E-state index in [9.17, 15) is 0 Å². The lowest BCUT2D eigenvalue weighted by Gasteiger charge is -2.43. The Labute approximate surface area is 157 Å². The van der Waals surface area contributed by atoms with Crippen molar-refractivity contribution in [3.63, 3.8) is 0 Å². The van der Waals surface area contributed by atoms with E-state index in [-0.39, 0.29) is 5.54 Å². The van der Waals surface area contributed by atoms with Crippen molar-refractivity contribution in [2.24, 2.45) is 4.99 Å². The molecule has 136 valence electrons. The van der Waals surface area contributed by atoms with Crippen LogP contribution < -0.4 is 9.64 Å². The molecule has 3 rings (SSSR count). The molecule has 1 heterocycles.